The van der Waals surface area contributed by atoms with Crippen LogP contribution in [0.3, 0.4) is 0 Å². The largest absolute Gasteiger partial charge is 2.00 e. The molecule has 0 fully saturated rings. The van der Waals surface area contributed by atoms with Crippen LogP contribution >= 0.6 is 15.2 Å². The molecule has 2 aromatic rings. The van der Waals surface area contributed by atoms with Crippen molar-refractivity contribution in [2.75, 3.05) is 13.3 Å². The molecule has 9 heteroatoms. The molecule has 0 spiro atoms. The van der Waals surface area contributed by atoms with E-state index in [0.717, 1.165) is 24.5 Å². The fraction of sp³-hybridized carbons (Fsp3) is 0.250. The number of para-hydroxylation sites is 2. The van der Waals surface area contributed by atoms with Crippen LogP contribution in [-0.2, 0) is 28.6 Å². The Morgan fingerprint density at radius 2 is 1.00 bits per heavy atom. The third-order valence-electron chi connectivity index (χ3n) is 2.72. The van der Waals surface area contributed by atoms with Gasteiger partial charge in [0.25, 0.3) is 0 Å². The predicted molar refractivity (Wildman–Crippen MR) is 90.7 cm³/mol. The topological polar surface area (TPSA) is 98.7 Å². The summed E-state index contributed by atoms with van der Waals surface area (Å²) in [6, 6.07) is 14.0. The van der Waals surface area contributed by atoms with E-state index in [4.69, 9.17) is 9.05 Å². The monoisotopic (exact) mass is 434 g/mol. The summed E-state index contributed by atoms with van der Waals surface area (Å²) in [4.78, 5) is 21.5. The van der Waals surface area contributed by atoms with Crippen LogP contribution in [0, 0.1) is 13.8 Å². The molecule has 0 aliphatic carbocycles. The number of benzene rings is 2. The van der Waals surface area contributed by atoms with Gasteiger partial charge in [0.2, 0.25) is 0 Å². The summed E-state index contributed by atoms with van der Waals surface area (Å²) in [6.07, 6.45) is 0. The minimum absolute atomic E-state index is 0. The van der Waals surface area contributed by atoms with Crippen molar-refractivity contribution in [1.29, 1.82) is 0 Å². The van der Waals surface area contributed by atoms with Gasteiger partial charge >= 0.3 is 19.5 Å². The Bertz CT molecular complexity index is 703. The second-order valence-electron chi connectivity index (χ2n) is 5.26. The fourth-order valence-electron chi connectivity index (χ4n) is 1.67. The van der Waals surface area contributed by atoms with Gasteiger partial charge in [-0.3, -0.25) is 9.13 Å². The molecule has 0 N–H and O–H groups in total. The van der Waals surface area contributed by atoms with Crippen LogP contribution in [0.1, 0.15) is 11.1 Å². The molecule has 0 amide bonds. The number of aryl methyl sites for hydroxylation is 2. The van der Waals surface area contributed by atoms with E-state index in [1.807, 2.05) is 12.1 Å². The zero-order valence-corrected chi connectivity index (χ0v) is 19.4. The summed E-state index contributed by atoms with van der Waals surface area (Å²) in [5.74, 6) is 0.802. The minimum Gasteiger partial charge on any atom is -0.769 e. The molecule has 2 rings (SSSR count). The third-order valence-corrected chi connectivity index (χ3v) is 3.77. The SMILES string of the molecule is Cc1ccccc1OP(C)(=O)[O-].Cc1ccccc1OP(C)(=O)[O-].[Zn+2]. The van der Waals surface area contributed by atoms with Gasteiger partial charge in [0, 0.05) is 13.3 Å². The van der Waals surface area contributed by atoms with E-state index in [1.54, 1.807) is 50.2 Å². The van der Waals surface area contributed by atoms with Crippen molar-refractivity contribution < 1.29 is 47.4 Å². The van der Waals surface area contributed by atoms with Gasteiger partial charge in [-0.1, -0.05) is 36.4 Å². The van der Waals surface area contributed by atoms with Crippen LogP contribution in [-0.4, -0.2) is 13.3 Å². The maximum atomic E-state index is 10.8. The van der Waals surface area contributed by atoms with E-state index in [0.29, 0.717) is 11.5 Å². The van der Waals surface area contributed by atoms with Gasteiger partial charge < -0.3 is 18.8 Å². The van der Waals surface area contributed by atoms with E-state index >= 15 is 0 Å². The van der Waals surface area contributed by atoms with Crippen LogP contribution in [0.25, 0.3) is 0 Å². The van der Waals surface area contributed by atoms with E-state index in [1.165, 1.54) is 0 Å². The Morgan fingerprint density at radius 1 is 0.720 bits per heavy atom. The number of hydrogen-bond donors (Lipinski definition) is 0. The zero-order chi connectivity index (χ0) is 18.4. The molecule has 25 heavy (non-hydrogen) atoms. The van der Waals surface area contributed by atoms with E-state index in [-0.39, 0.29) is 19.5 Å². The van der Waals surface area contributed by atoms with Crippen LogP contribution < -0.4 is 18.8 Å². The first kappa shape index (κ1) is 24.0. The molecule has 0 heterocycles. The van der Waals surface area contributed by atoms with Crippen LogP contribution in [0.5, 0.6) is 11.5 Å². The molecule has 132 valence electrons. The van der Waals surface area contributed by atoms with Crippen molar-refractivity contribution >= 4 is 15.2 Å². The summed E-state index contributed by atoms with van der Waals surface area (Å²) in [6.45, 7) is 5.70. The van der Waals surface area contributed by atoms with Crippen molar-refractivity contribution in [3.8, 4) is 11.5 Å². The molecule has 6 nitrogen and oxygen atoms in total. The standard InChI is InChI=1S/2C8H11O3P.Zn/c2*1-7-5-3-4-6-8(7)11-12(2,9)10;/h2*3-6H,1-2H3,(H,9,10);/q;;+2/p-2. The number of rotatable bonds is 4. The van der Waals surface area contributed by atoms with Gasteiger partial charge in [0.1, 0.15) is 11.5 Å². The molecule has 0 radical (unpaired) electrons. The second-order valence-corrected chi connectivity index (χ2v) is 8.71. The predicted octanol–water partition coefficient (Wildman–Crippen LogP) is 3.11. The van der Waals surface area contributed by atoms with Crippen molar-refractivity contribution in [1.82, 2.24) is 0 Å². The summed E-state index contributed by atoms with van der Waals surface area (Å²) in [7, 11) is -7.33. The maximum absolute atomic E-state index is 10.8. The van der Waals surface area contributed by atoms with Gasteiger partial charge in [0.05, 0.1) is 0 Å². The Balaban J connectivity index is 0.000000443. The number of hydrogen-bond acceptors (Lipinski definition) is 6. The molecular weight excluding hydrogens is 416 g/mol. The van der Waals surface area contributed by atoms with E-state index < -0.39 is 15.2 Å². The Morgan fingerprint density at radius 3 is 1.24 bits per heavy atom. The molecule has 2 aromatic carbocycles. The second kappa shape index (κ2) is 10.3. The normalized spacial score (nSPS) is 14.6. The fourth-order valence-corrected chi connectivity index (χ4v) is 2.80. The van der Waals surface area contributed by atoms with Gasteiger partial charge in [-0.25, -0.2) is 0 Å². The van der Waals surface area contributed by atoms with Gasteiger partial charge in [-0.2, -0.15) is 0 Å². The summed E-state index contributed by atoms with van der Waals surface area (Å²) in [5.41, 5.74) is 1.63. The average molecular weight is 436 g/mol. The molecule has 0 bridgehead atoms. The molecule has 0 aromatic heterocycles. The summed E-state index contributed by atoms with van der Waals surface area (Å²) in [5, 5.41) is 0. The quantitative estimate of drug-likeness (QED) is 0.540. The summed E-state index contributed by atoms with van der Waals surface area (Å²) >= 11 is 0. The van der Waals surface area contributed by atoms with Crippen LogP contribution in [0.4, 0.5) is 0 Å². The van der Waals surface area contributed by atoms with Crippen molar-refractivity contribution in [2.24, 2.45) is 0 Å². The molecule has 2 atom stereocenters. The molecule has 0 aliphatic rings. The van der Waals surface area contributed by atoms with E-state index in [9.17, 15) is 18.9 Å². The Kier molecular flexibility index (Phi) is 9.86. The first-order chi connectivity index (χ1) is 11.0. The van der Waals surface area contributed by atoms with Crippen LogP contribution in [0.15, 0.2) is 48.5 Å². The molecule has 2 unspecified atom stereocenters. The Labute approximate surface area is 161 Å². The van der Waals surface area contributed by atoms with Crippen molar-refractivity contribution in [3.63, 3.8) is 0 Å². The molecular formula is C16H20O6P2Zn. The smallest absolute Gasteiger partial charge is 0.769 e. The van der Waals surface area contributed by atoms with Gasteiger partial charge in [-0.15, -0.1) is 0 Å². The third kappa shape index (κ3) is 10.6. The van der Waals surface area contributed by atoms with Crippen molar-refractivity contribution in [2.45, 2.75) is 13.8 Å². The average Bonchev–Trinajstić information content (AvgIpc) is 2.42. The molecule has 0 saturated carbocycles. The van der Waals surface area contributed by atoms with Crippen LogP contribution in [0.2, 0.25) is 0 Å². The first-order valence-electron chi connectivity index (χ1n) is 7.05. The van der Waals surface area contributed by atoms with Gasteiger partial charge in [0.15, 0.2) is 15.2 Å². The maximum Gasteiger partial charge on any atom is 2.00 e. The first-order valence-corrected chi connectivity index (χ1v) is 11.0. The van der Waals surface area contributed by atoms with Crippen molar-refractivity contribution in [3.05, 3.63) is 59.7 Å². The summed E-state index contributed by atoms with van der Waals surface area (Å²) < 4.78 is 31.0. The Hall–Kier alpha value is -0.957. The van der Waals surface area contributed by atoms with Gasteiger partial charge in [-0.05, 0) is 37.1 Å². The van der Waals surface area contributed by atoms with E-state index in [2.05, 4.69) is 0 Å². The minimum atomic E-state index is -3.66. The molecule has 0 saturated heterocycles. The zero-order valence-electron chi connectivity index (χ0n) is 14.7. The molecule has 0 aliphatic heterocycles.